The monoisotopic (exact) mass is 417 g/mol. The molecule has 0 unspecified atom stereocenters. The molecule has 0 aliphatic carbocycles. The van der Waals surface area contributed by atoms with E-state index in [1.807, 2.05) is 0 Å². The van der Waals surface area contributed by atoms with Crippen molar-refractivity contribution in [2.45, 2.75) is 52.7 Å². The Labute approximate surface area is 173 Å². The van der Waals surface area contributed by atoms with Gasteiger partial charge in [0.15, 0.2) is 5.69 Å². The number of hydrazine groups is 1. The highest BCUT2D eigenvalue weighted by Crippen LogP contribution is 2.13. The first-order chi connectivity index (χ1) is 14.1. The van der Waals surface area contributed by atoms with Crippen LogP contribution in [0.3, 0.4) is 0 Å². The van der Waals surface area contributed by atoms with Crippen LogP contribution in [0.4, 0.5) is 4.79 Å². The van der Waals surface area contributed by atoms with E-state index in [1.54, 1.807) is 52.0 Å². The molecule has 2 rings (SSSR count). The van der Waals surface area contributed by atoms with Crippen molar-refractivity contribution in [2.24, 2.45) is 0 Å². The maximum atomic E-state index is 12.5. The van der Waals surface area contributed by atoms with Crippen LogP contribution in [0.25, 0.3) is 10.8 Å². The molecule has 0 spiro atoms. The minimum absolute atomic E-state index is 0.0407. The lowest BCUT2D eigenvalue weighted by Gasteiger charge is -2.19. The molecular weight excluding hydrogens is 390 g/mol. The summed E-state index contributed by atoms with van der Waals surface area (Å²) >= 11 is 0. The van der Waals surface area contributed by atoms with E-state index in [0.717, 1.165) is 0 Å². The number of alkyl carbamates (subject to hydrolysis) is 1. The smallest absolute Gasteiger partial charge is 0.407 e. The van der Waals surface area contributed by atoms with Crippen LogP contribution >= 0.6 is 0 Å². The van der Waals surface area contributed by atoms with Crippen molar-refractivity contribution in [1.82, 2.24) is 25.9 Å². The highest BCUT2D eigenvalue weighted by molar-refractivity contribution is 6.05. The Balaban J connectivity index is 1.89. The minimum Gasteiger partial charge on any atom is -0.444 e. The fraction of sp³-hybridized carbons (Fsp3) is 0.450. The van der Waals surface area contributed by atoms with Crippen molar-refractivity contribution >= 4 is 28.7 Å². The summed E-state index contributed by atoms with van der Waals surface area (Å²) in [5.41, 5.74) is 3.79. The molecule has 162 valence electrons. The number of carbonyl (C=O) groups is 3. The van der Waals surface area contributed by atoms with Gasteiger partial charge in [0.25, 0.3) is 11.5 Å². The van der Waals surface area contributed by atoms with Gasteiger partial charge in [0.1, 0.15) is 5.60 Å². The lowest BCUT2D eigenvalue weighted by Crippen LogP contribution is -2.43. The maximum absolute atomic E-state index is 12.5. The highest BCUT2D eigenvalue weighted by atomic mass is 16.6. The molecule has 0 aliphatic heterocycles. The number of hydrogen-bond acceptors (Lipinski definition) is 6. The zero-order chi connectivity index (χ0) is 22.3. The molecule has 30 heavy (non-hydrogen) atoms. The van der Waals surface area contributed by atoms with E-state index in [-0.39, 0.29) is 24.2 Å². The van der Waals surface area contributed by atoms with Gasteiger partial charge in [-0.1, -0.05) is 18.2 Å². The Kier molecular flexibility index (Phi) is 7.51. The van der Waals surface area contributed by atoms with Gasteiger partial charge in [0.05, 0.1) is 5.39 Å². The molecule has 3 N–H and O–H groups in total. The Morgan fingerprint density at radius 3 is 2.40 bits per heavy atom. The van der Waals surface area contributed by atoms with Crippen molar-refractivity contribution in [3.8, 4) is 0 Å². The molecule has 10 heteroatoms. The number of fused-ring (bicyclic) bond motifs is 1. The maximum Gasteiger partial charge on any atom is 0.407 e. The SMILES string of the molecule is CCn1nc(C(=O)NNC(=O)CCCNC(=O)OC(C)(C)C)c2ccccc2c1=O. The number of benzene rings is 1. The molecule has 0 aliphatic rings. The number of carbonyl (C=O) groups excluding carboxylic acids is 3. The van der Waals surface area contributed by atoms with Crippen LogP contribution in [0.1, 0.15) is 51.0 Å². The van der Waals surface area contributed by atoms with Gasteiger partial charge in [-0.25, -0.2) is 9.48 Å². The van der Waals surface area contributed by atoms with Crippen molar-refractivity contribution in [2.75, 3.05) is 6.54 Å². The fourth-order valence-corrected chi connectivity index (χ4v) is 2.62. The van der Waals surface area contributed by atoms with Gasteiger partial charge in [0.2, 0.25) is 5.91 Å². The van der Waals surface area contributed by atoms with Crippen LogP contribution in [-0.2, 0) is 16.1 Å². The number of nitrogens with zero attached hydrogens (tertiary/aromatic N) is 2. The van der Waals surface area contributed by atoms with Gasteiger partial charge in [-0.15, -0.1) is 0 Å². The Morgan fingerprint density at radius 1 is 1.10 bits per heavy atom. The summed E-state index contributed by atoms with van der Waals surface area (Å²) in [6.45, 7) is 7.58. The fourth-order valence-electron chi connectivity index (χ4n) is 2.62. The summed E-state index contributed by atoms with van der Waals surface area (Å²) in [5, 5.41) is 7.43. The molecule has 2 aromatic rings. The van der Waals surface area contributed by atoms with E-state index < -0.39 is 23.5 Å². The van der Waals surface area contributed by atoms with Crippen molar-refractivity contribution in [1.29, 1.82) is 0 Å². The van der Waals surface area contributed by atoms with Gasteiger partial charge in [0, 0.05) is 24.9 Å². The molecule has 1 aromatic heterocycles. The van der Waals surface area contributed by atoms with Crippen molar-refractivity contribution in [3.05, 3.63) is 40.3 Å². The summed E-state index contributed by atoms with van der Waals surface area (Å²) in [5.74, 6) is -1.06. The first kappa shape index (κ1) is 22.9. The largest absolute Gasteiger partial charge is 0.444 e. The lowest BCUT2D eigenvalue weighted by atomic mass is 10.1. The van der Waals surface area contributed by atoms with E-state index in [2.05, 4.69) is 21.3 Å². The number of nitrogens with one attached hydrogen (secondary N) is 3. The zero-order valence-electron chi connectivity index (χ0n) is 17.6. The van der Waals surface area contributed by atoms with E-state index >= 15 is 0 Å². The molecule has 1 heterocycles. The van der Waals surface area contributed by atoms with Gasteiger partial charge in [-0.3, -0.25) is 25.2 Å². The van der Waals surface area contributed by atoms with Crippen LogP contribution in [0.15, 0.2) is 29.1 Å². The minimum atomic E-state index is -0.631. The van der Waals surface area contributed by atoms with E-state index in [0.29, 0.717) is 23.7 Å². The van der Waals surface area contributed by atoms with Crippen molar-refractivity contribution in [3.63, 3.8) is 0 Å². The molecule has 0 radical (unpaired) electrons. The molecular formula is C20H27N5O5. The quantitative estimate of drug-likeness (QED) is 0.482. The number of aryl methyl sites for hydroxylation is 1. The molecule has 0 fully saturated rings. The normalized spacial score (nSPS) is 11.1. The average molecular weight is 417 g/mol. The lowest BCUT2D eigenvalue weighted by molar-refractivity contribution is -0.121. The zero-order valence-corrected chi connectivity index (χ0v) is 17.6. The molecule has 0 saturated carbocycles. The summed E-state index contributed by atoms with van der Waals surface area (Å²) < 4.78 is 6.29. The van der Waals surface area contributed by atoms with Crippen LogP contribution in [0.2, 0.25) is 0 Å². The van der Waals surface area contributed by atoms with E-state index in [1.165, 1.54) is 4.68 Å². The number of aromatic nitrogens is 2. The first-order valence-corrected chi connectivity index (χ1v) is 9.68. The van der Waals surface area contributed by atoms with Crippen LogP contribution in [-0.4, -0.2) is 39.8 Å². The third-order valence-electron chi connectivity index (χ3n) is 3.95. The van der Waals surface area contributed by atoms with Crippen molar-refractivity contribution < 1.29 is 19.1 Å². The third kappa shape index (κ3) is 6.29. The number of rotatable bonds is 6. The molecule has 3 amide bonds. The van der Waals surface area contributed by atoms with Gasteiger partial charge >= 0.3 is 6.09 Å². The molecule has 1 aromatic carbocycles. The average Bonchev–Trinajstić information content (AvgIpc) is 2.68. The van der Waals surface area contributed by atoms with E-state index in [9.17, 15) is 19.2 Å². The second kappa shape index (κ2) is 9.86. The Bertz CT molecular complexity index is 993. The summed E-state index contributed by atoms with van der Waals surface area (Å²) in [4.78, 5) is 48.3. The number of ether oxygens (including phenoxy) is 1. The van der Waals surface area contributed by atoms with Crippen LogP contribution in [0.5, 0.6) is 0 Å². The van der Waals surface area contributed by atoms with Gasteiger partial charge in [-0.2, -0.15) is 5.10 Å². The highest BCUT2D eigenvalue weighted by Gasteiger charge is 2.17. The second-order valence-electron chi connectivity index (χ2n) is 7.55. The number of hydrogen-bond donors (Lipinski definition) is 3. The summed E-state index contributed by atoms with van der Waals surface area (Å²) in [6, 6.07) is 6.66. The predicted molar refractivity (Wildman–Crippen MR) is 111 cm³/mol. The summed E-state index contributed by atoms with van der Waals surface area (Å²) in [7, 11) is 0. The third-order valence-corrected chi connectivity index (χ3v) is 3.95. The first-order valence-electron chi connectivity index (χ1n) is 9.68. The van der Waals surface area contributed by atoms with Crippen LogP contribution < -0.4 is 21.7 Å². The second-order valence-corrected chi connectivity index (χ2v) is 7.55. The Morgan fingerprint density at radius 2 is 1.77 bits per heavy atom. The van der Waals surface area contributed by atoms with Crippen LogP contribution in [0, 0.1) is 0 Å². The topological polar surface area (TPSA) is 131 Å². The molecule has 0 atom stereocenters. The van der Waals surface area contributed by atoms with E-state index in [4.69, 9.17) is 4.74 Å². The van der Waals surface area contributed by atoms with Gasteiger partial charge in [-0.05, 0) is 40.2 Å². The standard InChI is InChI=1S/C20H27N5O5/c1-5-25-18(28)14-10-7-6-9-13(14)16(24-25)17(27)23-22-15(26)11-8-12-21-19(29)30-20(2,3)4/h6-7,9-10H,5,8,11-12H2,1-4H3,(H,21,29)(H,22,26)(H,23,27). The molecule has 0 bridgehead atoms. The molecule has 0 saturated heterocycles. The number of amides is 3. The predicted octanol–water partition coefficient (Wildman–Crippen LogP) is 1.48. The molecule has 10 nitrogen and oxygen atoms in total. The Hall–Kier alpha value is -3.43. The van der Waals surface area contributed by atoms with Gasteiger partial charge < -0.3 is 10.1 Å². The summed E-state index contributed by atoms with van der Waals surface area (Å²) in [6.07, 6.45) is -0.109.